The Hall–Kier alpha value is -2.25. The third kappa shape index (κ3) is 3.65. The minimum Gasteiger partial charge on any atom is -0.399 e. The second-order valence-electron chi connectivity index (χ2n) is 4.69. The SMILES string of the molecule is Cc1ccc(N=Nc2ccc(N)c(C)c2)c(S(=O)(=O)O)c1. The number of hydrogen-bond donors (Lipinski definition) is 2. The number of nitrogen functional groups attached to an aromatic ring is 1. The number of hydrogen-bond acceptors (Lipinski definition) is 5. The van der Waals surface area contributed by atoms with E-state index in [9.17, 15) is 13.0 Å². The number of nitrogens with two attached hydrogens (primary N) is 1. The van der Waals surface area contributed by atoms with Crippen LogP contribution in [0.1, 0.15) is 11.1 Å². The van der Waals surface area contributed by atoms with E-state index in [1.165, 1.54) is 12.1 Å². The summed E-state index contributed by atoms with van der Waals surface area (Å²) in [7, 11) is -4.35. The highest BCUT2D eigenvalue weighted by atomic mass is 32.2. The third-order valence-electron chi connectivity index (χ3n) is 2.92. The van der Waals surface area contributed by atoms with Crippen LogP contribution in [-0.2, 0) is 10.1 Å². The lowest BCUT2D eigenvalue weighted by molar-refractivity contribution is 0.483. The summed E-state index contributed by atoms with van der Waals surface area (Å²) in [6.07, 6.45) is 0. The van der Waals surface area contributed by atoms with Crippen molar-refractivity contribution in [3.63, 3.8) is 0 Å². The predicted molar refractivity (Wildman–Crippen MR) is 80.8 cm³/mol. The Morgan fingerprint density at radius 3 is 2.38 bits per heavy atom. The zero-order valence-corrected chi connectivity index (χ0v) is 12.4. The van der Waals surface area contributed by atoms with Crippen LogP contribution in [-0.4, -0.2) is 13.0 Å². The molecule has 0 spiro atoms. The van der Waals surface area contributed by atoms with Crippen molar-refractivity contribution in [2.45, 2.75) is 18.7 Å². The molecule has 0 aliphatic carbocycles. The molecule has 0 unspecified atom stereocenters. The Balaban J connectivity index is 2.44. The first-order valence-electron chi connectivity index (χ1n) is 6.13. The van der Waals surface area contributed by atoms with Crippen molar-refractivity contribution in [1.29, 1.82) is 0 Å². The molecule has 2 rings (SSSR count). The van der Waals surface area contributed by atoms with E-state index < -0.39 is 10.1 Å². The summed E-state index contributed by atoms with van der Waals surface area (Å²) in [6, 6.07) is 9.64. The number of anilines is 1. The van der Waals surface area contributed by atoms with Crippen molar-refractivity contribution in [2.75, 3.05) is 5.73 Å². The predicted octanol–water partition coefficient (Wildman–Crippen LogP) is 3.55. The fourth-order valence-corrected chi connectivity index (χ4v) is 2.45. The van der Waals surface area contributed by atoms with Crippen LogP contribution in [0.3, 0.4) is 0 Å². The maximum absolute atomic E-state index is 11.4. The molecule has 0 radical (unpaired) electrons. The summed E-state index contributed by atoms with van der Waals surface area (Å²) in [4.78, 5) is -0.265. The minimum absolute atomic E-state index is 0.0811. The smallest absolute Gasteiger partial charge is 0.296 e. The molecule has 6 nitrogen and oxygen atoms in total. The zero-order chi connectivity index (χ0) is 15.6. The molecule has 0 aliphatic rings. The van der Waals surface area contributed by atoms with Crippen LogP contribution >= 0.6 is 0 Å². The third-order valence-corrected chi connectivity index (χ3v) is 3.80. The van der Waals surface area contributed by atoms with Crippen LogP contribution in [0, 0.1) is 13.8 Å². The molecule has 2 aromatic rings. The normalized spacial score (nSPS) is 12.0. The number of azo groups is 1. The molecule has 110 valence electrons. The Morgan fingerprint density at radius 2 is 1.76 bits per heavy atom. The molecular formula is C14H15N3O3S. The van der Waals surface area contributed by atoms with Gasteiger partial charge in [0.2, 0.25) is 0 Å². The van der Waals surface area contributed by atoms with E-state index in [2.05, 4.69) is 10.2 Å². The van der Waals surface area contributed by atoms with Gasteiger partial charge >= 0.3 is 0 Å². The van der Waals surface area contributed by atoms with Gasteiger partial charge in [-0.1, -0.05) is 6.07 Å². The molecule has 0 saturated carbocycles. The van der Waals surface area contributed by atoms with Crippen LogP contribution in [0.25, 0.3) is 0 Å². The Bertz CT molecular complexity index is 814. The highest BCUT2D eigenvalue weighted by molar-refractivity contribution is 7.86. The molecule has 0 atom stereocenters. The summed E-state index contributed by atoms with van der Waals surface area (Å²) in [5, 5.41) is 7.88. The van der Waals surface area contributed by atoms with Gasteiger partial charge in [0, 0.05) is 5.69 Å². The van der Waals surface area contributed by atoms with E-state index in [0.29, 0.717) is 16.9 Å². The average molecular weight is 305 g/mol. The highest BCUT2D eigenvalue weighted by Crippen LogP contribution is 2.28. The molecular weight excluding hydrogens is 290 g/mol. The number of rotatable bonds is 3. The summed E-state index contributed by atoms with van der Waals surface area (Å²) < 4.78 is 31.9. The van der Waals surface area contributed by atoms with E-state index in [1.807, 2.05) is 6.92 Å². The molecule has 7 heteroatoms. The molecule has 0 heterocycles. The van der Waals surface area contributed by atoms with E-state index in [0.717, 1.165) is 5.56 Å². The van der Waals surface area contributed by atoms with Gasteiger partial charge in [-0.05, 0) is 55.3 Å². The van der Waals surface area contributed by atoms with Crippen LogP contribution in [0.5, 0.6) is 0 Å². The van der Waals surface area contributed by atoms with Gasteiger partial charge in [-0.25, -0.2) is 0 Å². The van der Waals surface area contributed by atoms with E-state index in [-0.39, 0.29) is 10.6 Å². The van der Waals surface area contributed by atoms with E-state index in [1.54, 1.807) is 31.2 Å². The lowest BCUT2D eigenvalue weighted by Crippen LogP contribution is -1.98. The van der Waals surface area contributed by atoms with Crippen molar-refractivity contribution < 1.29 is 13.0 Å². The first kappa shape index (κ1) is 15.1. The van der Waals surface area contributed by atoms with Gasteiger partial charge in [0.15, 0.2) is 0 Å². The Morgan fingerprint density at radius 1 is 1.05 bits per heavy atom. The fourth-order valence-electron chi connectivity index (χ4n) is 1.74. The fraction of sp³-hybridized carbons (Fsp3) is 0.143. The van der Waals surface area contributed by atoms with E-state index in [4.69, 9.17) is 5.73 Å². The molecule has 0 amide bonds. The molecule has 0 aromatic heterocycles. The first-order chi connectivity index (χ1) is 9.77. The van der Waals surface area contributed by atoms with Crippen molar-refractivity contribution in [1.82, 2.24) is 0 Å². The van der Waals surface area contributed by atoms with Gasteiger partial charge in [-0.3, -0.25) is 4.55 Å². The van der Waals surface area contributed by atoms with Gasteiger partial charge in [0.1, 0.15) is 10.6 Å². The molecule has 3 N–H and O–H groups in total. The molecule has 0 aliphatic heterocycles. The molecule has 0 saturated heterocycles. The second-order valence-corrected chi connectivity index (χ2v) is 6.08. The van der Waals surface area contributed by atoms with Crippen molar-refractivity contribution in [2.24, 2.45) is 10.2 Å². The first-order valence-corrected chi connectivity index (χ1v) is 7.57. The van der Waals surface area contributed by atoms with Crippen molar-refractivity contribution >= 4 is 27.2 Å². The summed E-state index contributed by atoms with van der Waals surface area (Å²) in [5.41, 5.74) is 8.53. The van der Waals surface area contributed by atoms with Crippen LogP contribution in [0.2, 0.25) is 0 Å². The second kappa shape index (κ2) is 5.63. The maximum atomic E-state index is 11.4. The van der Waals surface area contributed by atoms with Gasteiger partial charge in [-0.15, -0.1) is 5.11 Å². The topological polar surface area (TPSA) is 105 Å². The van der Waals surface area contributed by atoms with Gasteiger partial charge in [0.25, 0.3) is 10.1 Å². The largest absolute Gasteiger partial charge is 0.399 e. The summed E-state index contributed by atoms with van der Waals surface area (Å²) >= 11 is 0. The number of benzene rings is 2. The summed E-state index contributed by atoms with van der Waals surface area (Å²) in [6.45, 7) is 3.56. The van der Waals surface area contributed by atoms with Crippen LogP contribution < -0.4 is 5.73 Å². The lowest BCUT2D eigenvalue weighted by Gasteiger charge is -2.03. The van der Waals surface area contributed by atoms with Crippen LogP contribution in [0.15, 0.2) is 51.5 Å². The van der Waals surface area contributed by atoms with Gasteiger partial charge in [-0.2, -0.15) is 13.5 Å². The lowest BCUT2D eigenvalue weighted by atomic mass is 10.2. The monoisotopic (exact) mass is 305 g/mol. The maximum Gasteiger partial charge on any atom is 0.296 e. The van der Waals surface area contributed by atoms with Crippen molar-refractivity contribution in [3.8, 4) is 0 Å². The number of nitrogens with zero attached hydrogens (tertiary/aromatic N) is 2. The summed E-state index contributed by atoms with van der Waals surface area (Å²) in [5.74, 6) is 0. The van der Waals surface area contributed by atoms with Gasteiger partial charge in [0.05, 0.1) is 5.69 Å². The van der Waals surface area contributed by atoms with Gasteiger partial charge < -0.3 is 5.73 Å². The van der Waals surface area contributed by atoms with Crippen LogP contribution in [0.4, 0.5) is 17.1 Å². The quantitative estimate of drug-likeness (QED) is 0.514. The molecule has 0 fully saturated rings. The Kier molecular flexibility index (Phi) is 4.06. The standard InChI is InChI=1S/C14H15N3O3S/c1-9-3-6-13(14(7-9)21(18,19)20)17-16-11-4-5-12(15)10(2)8-11/h3-8H,15H2,1-2H3,(H,18,19,20). The van der Waals surface area contributed by atoms with Crippen molar-refractivity contribution in [3.05, 3.63) is 47.5 Å². The van der Waals surface area contributed by atoms with E-state index >= 15 is 0 Å². The molecule has 2 aromatic carbocycles. The zero-order valence-electron chi connectivity index (χ0n) is 11.6. The average Bonchev–Trinajstić information content (AvgIpc) is 2.40. The number of aryl methyl sites for hydroxylation is 2. The molecule has 0 bridgehead atoms. The minimum atomic E-state index is -4.35. The molecule has 21 heavy (non-hydrogen) atoms. The highest BCUT2D eigenvalue weighted by Gasteiger charge is 2.15. The Labute approximate surface area is 123 Å².